The average Bonchev–Trinajstić information content (AvgIpc) is 2.32. The first-order chi connectivity index (χ1) is 8.54. The number of carbonyl (C=O) groups is 1. The van der Waals surface area contributed by atoms with E-state index in [9.17, 15) is 4.79 Å². The minimum atomic E-state index is 0.0919. The summed E-state index contributed by atoms with van der Waals surface area (Å²) < 4.78 is 0. The molecule has 0 fully saturated rings. The lowest BCUT2D eigenvalue weighted by molar-refractivity contribution is -0.116. The van der Waals surface area contributed by atoms with Crippen molar-refractivity contribution in [1.82, 2.24) is 5.32 Å². The number of nitrogens with one attached hydrogen (secondary N) is 2. The van der Waals surface area contributed by atoms with Crippen LogP contribution < -0.4 is 10.6 Å². The topological polar surface area (TPSA) is 41.1 Å². The molecule has 0 aliphatic rings. The minimum Gasteiger partial charge on any atom is -0.326 e. The summed E-state index contributed by atoms with van der Waals surface area (Å²) in [7, 11) is 1.90. The molecule has 1 rings (SSSR count). The maximum absolute atomic E-state index is 11.8. The van der Waals surface area contributed by atoms with E-state index in [1.165, 1.54) is 5.56 Å². The predicted octanol–water partition coefficient (Wildman–Crippen LogP) is 3.06. The van der Waals surface area contributed by atoms with Gasteiger partial charge in [0.15, 0.2) is 0 Å². The highest BCUT2D eigenvalue weighted by molar-refractivity contribution is 5.91. The van der Waals surface area contributed by atoms with Crippen molar-refractivity contribution >= 4 is 11.6 Å². The molecule has 1 aromatic carbocycles. The molecule has 0 aliphatic carbocycles. The van der Waals surface area contributed by atoms with Crippen LogP contribution in [0.25, 0.3) is 0 Å². The smallest absolute Gasteiger partial charge is 0.224 e. The lowest BCUT2D eigenvalue weighted by atomic mass is 10.0. The molecule has 1 amide bonds. The summed E-state index contributed by atoms with van der Waals surface area (Å²) >= 11 is 0. The quantitative estimate of drug-likeness (QED) is 0.760. The molecular formula is C15H24N2O. The van der Waals surface area contributed by atoms with Gasteiger partial charge in [-0.25, -0.2) is 0 Å². The van der Waals surface area contributed by atoms with Gasteiger partial charge in [0.1, 0.15) is 0 Å². The molecule has 0 saturated heterocycles. The third-order valence-corrected chi connectivity index (χ3v) is 3.03. The van der Waals surface area contributed by atoms with Crippen LogP contribution in [0.2, 0.25) is 0 Å². The molecule has 2 N–H and O–H groups in total. The second-order valence-corrected chi connectivity index (χ2v) is 4.98. The summed E-state index contributed by atoms with van der Waals surface area (Å²) in [4.78, 5) is 11.8. The fourth-order valence-corrected chi connectivity index (χ4v) is 1.77. The highest BCUT2D eigenvalue weighted by Gasteiger charge is 2.07. The Balaban J connectivity index is 2.65. The second-order valence-electron chi connectivity index (χ2n) is 4.98. The number of amides is 1. The van der Waals surface area contributed by atoms with Gasteiger partial charge in [0.2, 0.25) is 5.91 Å². The predicted molar refractivity (Wildman–Crippen MR) is 77.1 cm³/mol. The van der Waals surface area contributed by atoms with Crippen LogP contribution in [0.5, 0.6) is 0 Å². The van der Waals surface area contributed by atoms with Crippen molar-refractivity contribution in [2.45, 2.75) is 39.5 Å². The first-order valence-corrected chi connectivity index (χ1v) is 6.59. The van der Waals surface area contributed by atoms with Crippen LogP contribution >= 0.6 is 0 Å². The molecule has 3 heteroatoms. The van der Waals surface area contributed by atoms with Gasteiger partial charge < -0.3 is 10.6 Å². The van der Waals surface area contributed by atoms with Crippen molar-refractivity contribution in [3.8, 4) is 0 Å². The normalized spacial score (nSPS) is 10.7. The highest BCUT2D eigenvalue weighted by atomic mass is 16.1. The Hall–Kier alpha value is -1.35. The Morgan fingerprint density at radius 1 is 1.33 bits per heavy atom. The second kappa shape index (κ2) is 7.17. The lowest BCUT2D eigenvalue weighted by Gasteiger charge is -2.12. The number of hydrogen-bond donors (Lipinski definition) is 2. The molecule has 0 heterocycles. The summed E-state index contributed by atoms with van der Waals surface area (Å²) in [5.41, 5.74) is 3.31. The molecular weight excluding hydrogens is 224 g/mol. The van der Waals surface area contributed by atoms with Crippen molar-refractivity contribution in [3.05, 3.63) is 29.3 Å². The van der Waals surface area contributed by atoms with E-state index in [0.717, 1.165) is 24.2 Å². The Morgan fingerprint density at radius 2 is 2.06 bits per heavy atom. The third-order valence-electron chi connectivity index (χ3n) is 3.03. The Bertz CT molecular complexity index is 399. The molecule has 1 aromatic rings. The van der Waals surface area contributed by atoms with E-state index in [-0.39, 0.29) is 5.91 Å². The number of hydrogen-bond acceptors (Lipinski definition) is 2. The fraction of sp³-hybridized carbons (Fsp3) is 0.533. The van der Waals surface area contributed by atoms with Crippen LogP contribution in [0, 0.1) is 6.92 Å². The number of rotatable bonds is 6. The van der Waals surface area contributed by atoms with Crippen LogP contribution in [-0.4, -0.2) is 19.5 Å². The molecule has 0 bridgehead atoms. The van der Waals surface area contributed by atoms with Crippen LogP contribution in [0.4, 0.5) is 5.69 Å². The standard InChI is InChI=1S/C15H24N2O/c1-11(2)13-8-7-12(3)14(10-13)17-15(18)6-5-9-16-4/h7-8,10-11,16H,5-6,9H2,1-4H3,(H,17,18). The van der Waals surface area contributed by atoms with Crippen molar-refractivity contribution in [2.75, 3.05) is 18.9 Å². The van der Waals surface area contributed by atoms with Crippen molar-refractivity contribution < 1.29 is 4.79 Å². The van der Waals surface area contributed by atoms with Gasteiger partial charge in [0, 0.05) is 12.1 Å². The first-order valence-electron chi connectivity index (χ1n) is 6.59. The fourth-order valence-electron chi connectivity index (χ4n) is 1.77. The van der Waals surface area contributed by atoms with E-state index < -0.39 is 0 Å². The van der Waals surface area contributed by atoms with E-state index in [1.807, 2.05) is 14.0 Å². The SMILES string of the molecule is CNCCCC(=O)Nc1cc(C(C)C)ccc1C. The van der Waals surface area contributed by atoms with Crippen molar-refractivity contribution in [3.63, 3.8) is 0 Å². The van der Waals surface area contributed by atoms with Crippen molar-refractivity contribution in [1.29, 1.82) is 0 Å². The summed E-state index contributed by atoms with van der Waals surface area (Å²) in [5, 5.41) is 6.04. The molecule has 0 spiro atoms. The van der Waals surface area contributed by atoms with Gasteiger partial charge in [-0.15, -0.1) is 0 Å². The number of benzene rings is 1. The molecule has 0 unspecified atom stereocenters. The Labute approximate surface area is 110 Å². The van der Waals surface area contributed by atoms with Gasteiger partial charge in [0.05, 0.1) is 0 Å². The Kier molecular flexibility index (Phi) is 5.86. The molecule has 0 radical (unpaired) electrons. The maximum atomic E-state index is 11.8. The average molecular weight is 248 g/mol. The van der Waals surface area contributed by atoms with E-state index in [4.69, 9.17) is 0 Å². The zero-order valence-corrected chi connectivity index (χ0v) is 11.8. The van der Waals surface area contributed by atoms with E-state index in [1.54, 1.807) is 0 Å². The summed E-state index contributed by atoms with van der Waals surface area (Å²) in [6.45, 7) is 7.21. The van der Waals surface area contributed by atoms with E-state index in [0.29, 0.717) is 12.3 Å². The summed E-state index contributed by atoms with van der Waals surface area (Å²) in [5.74, 6) is 0.569. The van der Waals surface area contributed by atoms with Crippen molar-refractivity contribution in [2.24, 2.45) is 0 Å². The monoisotopic (exact) mass is 248 g/mol. The zero-order chi connectivity index (χ0) is 13.5. The van der Waals surface area contributed by atoms with Gasteiger partial charge in [-0.2, -0.15) is 0 Å². The highest BCUT2D eigenvalue weighted by Crippen LogP contribution is 2.22. The van der Waals surface area contributed by atoms with Gasteiger partial charge >= 0.3 is 0 Å². The van der Waals surface area contributed by atoms with E-state index >= 15 is 0 Å². The van der Waals surface area contributed by atoms with Crippen LogP contribution in [-0.2, 0) is 4.79 Å². The van der Waals surface area contributed by atoms with Gasteiger partial charge in [0.25, 0.3) is 0 Å². The molecule has 3 nitrogen and oxygen atoms in total. The molecule has 100 valence electrons. The summed E-state index contributed by atoms with van der Waals surface area (Å²) in [6, 6.07) is 6.27. The van der Waals surface area contributed by atoms with Gasteiger partial charge in [-0.1, -0.05) is 26.0 Å². The van der Waals surface area contributed by atoms with Crippen LogP contribution in [0.1, 0.15) is 43.7 Å². The number of carbonyl (C=O) groups excluding carboxylic acids is 1. The van der Waals surface area contributed by atoms with E-state index in [2.05, 4.69) is 42.7 Å². The molecule has 0 aliphatic heterocycles. The zero-order valence-electron chi connectivity index (χ0n) is 11.8. The third kappa shape index (κ3) is 4.49. The number of anilines is 1. The summed E-state index contributed by atoms with van der Waals surface area (Å²) in [6.07, 6.45) is 1.43. The molecule has 18 heavy (non-hydrogen) atoms. The van der Waals surface area contributed by atoms with Crippen LogP contribution in [0.3, 0.4) is 0 Å². The minimum absolute atomic E-state index is 0.0919. The van der Waals surface area contributed by atoms with Crippen LogP contribution in [0.15, 0.2) is 18.2 Å². The van der Waals surface area contributed by atoms with Gasteiger partial charge in [-0.05, 0) is 50.0 Å². The van der Waals surface area contributed by atoms with Gasteiger partial charge in [-0.3, -0.25) is 4.79 Å². The molecule has 0 aromatic heterocycles. The lowest BCUT2D eigenvalue weighted by Crippen LogP contribution is -2.15. The Morgan fingerprint density at radius 3 is 2.67 bits per heavy atom. The molecule has 0 atom stereocenters. The first kappa shape index (κ1) is 14.7. The largest absolute Gasteiger partial charge is 0.326 e. The molecule has 0 saturated carbocycles. The number of aryl methyl sites for hydroxylation is 1. The maximum Gasteiger partial charge on any atom is 0.224 e.